The molecule has 23 heavy (non-hydrogen) atoms. The monoisotopic (exact) mass is 320 g/mol. The third kappa shape index (κ3) is 3.01. The number of ether oxygens (including phenoxy) is 2. The highest BCUT2D eigenvalue weighted by molar-refractivity contribution is 5.68. The van der Waals surface area contributed by atoms with Crippen LogP contribution in [0.1, 0.15) is 32.8 Å². The Morgan fingerprint density at radius 2 is 2.22 bits per heavy atom. The van der Waals surface area contributed by atoms with Crippen molar-refractivity contribution in [1.29, 1.82) is 0 Å². The van der Waals surface area contributed by atoms with Gasteiger partial charge in [-0.3, -0.25) is 10.1 Å². The number of benzene rings is 1. The van der Waals surface area contributed by atoms with E-state index >= 15 is 0 Å². The summed E-state index contributed by atoms with van der Waals surface area (Å²) < 4.78 is 11.2. The standard InChI is InChI=1S/C16H20N2O5/c1-15(2,3)23-14(19)17-8-7-16(13(10-17)22-16)11-5-4-6-12(9-11)18(20)21/h4-6,9,13H,7-8,10H2,1-3H3/t13-,16+/m0/s1. The summed E-state index contributed by atoms with van der Waals surface area (Å²) in [5.74, 6) is 0. The molecule has 2 heterocycles. The summed E-state index contributed by atoms with van der Waals surface area (Å²) in [5.41, 5.74) is -0.165. The second kappa shape index (κ2) is 5.19. The Balaban J connectivity index is 1.70. The Morgan fingerprint density at radius 3 is 2.83 bits per heavy atom. The van der Waals surface area contributed by atoms with Gasteiger partial charge >= 0.3 is 6.09 Å². The molecule has 0 unspecified atom stereocenters. The Labute approximate surface area is 134 Å². The Kier molecular flexibility index (Phi) is 3.55. The maximum atomic E-state index is 12.1. The molecule has 7 nitrogen and oxygen atoms in total. The SMILES string of the molecule is CC(C)(C)OC(=O)N1CC[C@]2(c3cccc([N+](=O)[O-])c3)O[C@H]2C1. The zero-order valence-electron chi connectivity index (χ0n) is 13.4. The molecule has 0 saturated carbocycles. The summed E-state index contributed by atoms with van der Waals surface area (Å²) >= 11 is 0. The van der Waals surface area contributed by atoms with Crippen molar-refractivity contribution in [2.45, 2.75) is 44.5 Å². The fourth-order valence-electron chi connectivity index (χ4n) is 2.99. The zero-order chi connectivity index (χ0) is 16.8. The molecule has 1 aromatic carbocycles. The van der Waals surface area contributed by atoms with Gasteiger partial charge in [0, 0.05) is 25.1 Å². The molecule has 0 radical (unpaired) electrons. The van der Waals surface area contributed by atoms with Gasteiger partial charge in [0.15, 0.2) is 0 Å². The van der Waals surface area contributed by atoms with Crippen molar-refractivity contribution < 1.29 is 19.2 Å². The fraction of sp³-hybridized carbons (Fsp3) is 0.562. The number of hydrogen-bond acceptors (Lipinski definition) is 5. The molecule has 0 spiro atoms. The molecule has 2 aliphatic rings. The number of hydrogen-bond donors (Lipinski definition) is 0. The number of nitro benzene ring substituents is 1. The zero-order valence-corrected chi connectivity index (χ0v) is 13.4. The summed E-state index contributed by atoms with van der Waals surface area (Å²) in [6, 6.07) is 6.54. The Morgan fingerprint density at radius 1 is 1.48 bits per heavy atom. The molecule has 1 amide bonds. The maximum Gasteiger partial charge on any atom is 0.410 e. The highest BCUT2D eigenvalue weighted by atomic mass is 16.6. The van der Waals surface area contributed by atoms with Crippen LogP contribution in [0.2, 0.25) is 0 Å². The van der Waals surface area contributed by atoms with Crippen molar-refractivity contribution in [2.24, 2.45) is 0 Å². The minimum atomic E-state index is -0.532. The molecule has 124 valence electrons. The first-order valence-corrected chi connectivity index (χ1v) is 7.62. The number of nitrogens with zero attached hydrogens (tertiary/aromatic N) is 2. The average Bonchev–Trinajstić information content (AvgIpc) is 3.20. The van der Waals surface area contributed by atoms with E-state index in [1.54, 1.807) is 17.0 Å². The number of likely N-dealkylation sites (tertiary alicyclic amines) is 1. The number of rotatable bonds is 2. The van der Waals surface area contributed by atoms with Gasteiger partial charge in [-0.15, -0.1) is 0 Å². The van der Waals surface area contributed by atoms with Crippen molar-refractivity contribution in [2.75, 3.05) is 13.1 Å². The lowest BCUT2D eigenvalue weighted by atomic mass is 9.89. The first-order chi connectivity index (χ1) is 10.7. The van der Waals surface area contributed by atoms with Gasteiger partial charge in [0.25, 0.3) is 5.69 Å². The van der Waals surface area contributed by atoms with Gasteiger partial charge < -0.3 is 14.4 Å². The van der Waals surface area contributed by atoms with E-state index in [4.69, 9.17) is 9.47 Å². The van der Waals surface area contributed by atoms with E-state index in [1.165, 1.54) is 6.07 Å². The number of amides is 1. The number of non-ortho nitro benzene ring substituents is 1. The molecule has 2 aliphatic heterocycles. The van der Waals surface area contributed by atoms with E-state index in [2.05, 4.69) is 0 Å². The van der Waals surface area contributed by atoms with Crippen molar-refractivity contribution in [3.63, 3.8) is 0 Å². The molecule has 0 aromatic heterocycles. The van der Waals surface area contributed by atoms with E-state index in [0.29, 0.717) is 19.5 Å². The molecular formula is C16H20N2O5. The van der Waals surface area contributed by atoms with Crippen LogP contribution in [0.25, 0.3) is 0 Å². The van der Waals surface area contributed by atoms with Gasteiger partial charge in [-0.25, -0.2) is 4.79 Å². The van der Waals surface area contributed by atoms with Crippen molar-refractivity contribution >= 4 is 11.8 Å². The van der Waals surface area contributed by atoms with E-state index < -0.39 is 16.1 Å². The van der Waals surface area contributed by atoms with Crippen LogP contribution in [-0.4, -0.2) is 40.7 Å². The Bertz CT molecular complexity index is 654. The van der Waals surface area contributed by atoms with Gasteiger partial charge in [0.05, 0.1) is 11.5 Å². The second-order valence-corrected chi connectivity index (χ2v) is 6.98. The summed E-state index contributed by atoms with van der Waals surface area (Å²) in [4.78, 5) is 24.3. The van der Waals surface area contributed by atoms with E-state index in [-0.39, 0.29) is 17.9 Å². The van der Waals surface area contributed by atoms with Gasteiger partial charge in [-0.1, -0.05) is 12.1 Å². The van der Waals surface area contributed by atoms with Crippen molar-refractivity contribution in [3.8, 4) is 0 Å². The predicted octanol–water partition coefficient (Wildman–Crippen LogP) is 2.83. The summed E-state index contributed by atoms with van der Waals surface area (Å²) in [6.45, 7) is 6.44. The third-order valence-electron chi connectivity index (χ3n) is 4.15. The van der Waals surface area contributed by atoms with Crippen LogP contribution < -0.4 is 0 Å². The summed E-state index contributed by atoms with van der Waals surface area (Å²) in [6.07, 6.45) is 0.129. The maximum absolute atomic E-state index is 12.1. The second-order valence-electron chi connectivity index (χ2n) is 6.98. The molecule has 0 N–H and O–H groups in total. The molecule has 3 rings (SSSR count). The van der Waals surface area contributed by atoms with Crippen LogP contribution in [-0.2, 0) is 15.1 Å². The number of epoxide rings is 1. The van der Waals surface area contributed by atoms with E-state index in [0.717, 1.165) is 5.56 Å². The molecule has 7 heteroatoms. The molecule has 0 bridgehead atoms. The van der Waals surface area contributed by atoms with Crippen molar-refractivity contribution in [1.82, 2.24) is 4.90 Å². The number of carbonyl (C=O) groups is 1. The van der Waals surface area contributed by atoms with Crippen LogP contribution in [0.4, 0.5) is 10.5 Å². The molecule has 2 fully saturated rings. The number of piperidine rings is 1. The highest BCUT2D eigenvalue weighted by Gasteiger charge is 2.61. The molecular weight excluding hydrogens is 300 g/mol. The average molecular weight is 320 g/mol. The Hall–Kier alpha value is -2.15. The molecule has 2 atom stereocenters. The minimum Gasteiger partial charge on any atom is -0.444 e. The summed E-state index contributed by atoms with van der Waals surface area (Å²) in [5, 5.41) is 10.9. The smallest absolute Gasteiger partial charge is 0.410 e. The van der Waals surface area contributed by atoms with Crippen LogP contribution >= 0.6 is 0 Å². The van der Waals surface area contributed by atoms with Gasteiger partial charge in [0.2, 0.25) is 0 Å². The van der Waals surface area contributed by atoms with Gasteiger partial charge in [-0.2, -0.15) is 0 Å². The highest BCUT2D eigenvalue weighted by Crippen LogP contribution is 2.52. The van der Waals surface area contributed by atoms with E-state index in [1.807, 2.05) is 26.8 Å². The lowest BCUT2D eigenvalue weighted by molar-refractivity contribution is -0.385. The molecule has 1 aromatic rings. The van der Waals surface area contributed by atoms with Gasteiger partial charge in [-0.05, 0) is 26.3 Å². The van der Waals surface area contributed by atoms with Crippen LogP contribution in [0.15, 0.2) is 24.3 Å². The lowest BCUT2D eigenvalue weighted by Crippen LogP contribution is -2.44. The first kappa shape index (κ1) is 15.7. The van der Waals surface area contributed by atoms with Crippen LogP contribution in [0.3, 0.4) is 0 Å². The van der Waals surface area contributed by atoms with Crippen LogP contribution in [0, 0.1) is 10.1 Å². The van der Waals surface area contributed by atoms with Crippen molar-refractivity contribution in [3.05, 3.63) is 39.9 Å². The molecule has 2 saturated heterocycles. The fourth-order valence-corrected chi connectivity index (χ4v) is 2.99. The topological polar surface area (TPSA) is 85.2 Å². The summed E-state index contributed by atoms with van der Waals surface area (Å²) in [7, 11) is 0. The quantitative estimate of drug-likeness (QED) is 0.475. The number of nitro groups is 1. The minimum absolute atomic E-state index is 0.0562. The largest absolute Gasteiger partial charge is 0.444 e. The van der Waals surface area contributed by atoms with E-state index in [9.17, 15) is 14.9 Å². The van der Waals surface area contributed by atoms with Gasteiger partial charge in [0.1, 0.15) is 17.3 Å². The molecule has 0 aliphatic carbocycles. The van der Waals surface area contributed by atoms with Crippen LogP contribution in [0.5, 0.6) is 0 Å². The number of carbonyl (C=O) groups excluding carboxylic acids is 1. The number of fused-ring (bicyclic) bond motifs is 1. The lowest BCUT2D eigenvalue weighted by Gasteiger charge is -2.31. The third-order valence-corrected chi connectivity index (χ3v) is 4.15. The normalized spacial score (nSPS) is 26.4. The first-order valence-electron chi connectivity index (χ1n) is 7.62. The predicted molar refractivity (Wildman–Crippen MR) is 82.1 cm³/mol.